The molecule has 0 aromatic rings. The number of hydrogen-bond acceptors (Lipinski definition) is 3. The van der Waals surface area contributed by atoms with E-state index in [-0.39, 0.29) is 9.24 Å². The Kier molecular flexibility index (Phi) is 14.4. The molecule has 0 aliphatic heterocycles. The van der Waals surface area contributed by atoms with Gasteiger partial charge in [-0.3, -0.25) is 0 Å². The van der Waals surface area contributed by atoms with Gasteiger partial charge in [-0.25, -0.2) is 0 Å². The fourth-order valence-corrected chi connectivity index (χ4v) is 4.67. The Morgan fingerprint density at radius 1 is 0.909 bits per heavy atom. The molecule has 0 spiro atoms. The Labute approximate surface area is 148 Å². The summed E-state index contributed by atoms with van der Waals surface area (Å²) in [4.78, 5) is 18.6. The molecular weight excluding hydrogens is 399 g/mol. The first kappa shape index (κ1) is 22.6. The van der Waals surface area contributed by atoms with Crippen molar-refractivity contribution in [2.45, 2.75) is 95.6 Å². The van der Waals surface area contributed by atoms with Crippen molar-refractivity contribution < 1.29 is 9.53 Å². The van der Waals surface area contributed by atoms with Crippen molar-refractivity contribution in [1.82, 2.24) is 0 Å². The van der Waals surface area contributed by atoms with Gasteiger partial charge in [0.25, 0.3) is 0 Å². The summed E-state index contributed by atoms with van der Waals surface area (Å²) in [7, 11) is 0. The van der Waals surface area contributed by atoms with Crippen LogP contribution in [-0.2, 0) is 9.53 Å². The summed E-state index contributed by atoms with van der Waals surface area (Å²) in [5.74, 6) is -0.0532. The first-order chi connectivity index (χ1) is 10.4. The van der Waals surface area contributed by atoms with E-state index in [9.17, 15) is 4.79 Å². The molecule has 4 heteroatoms. The number of rotatable bonds is 14. The molecule has 0 saturated carbocycles. The topological polar surface area (TPSA) is 26.3 Å². The van der Waals surface area contributed by atoms with E-state index in [4.69, 9.17) is 4.74 Å². The Morgan fingerprint density at radius 3 is 1.82 bits per heavy atom. The Balaban J connectivity index is 3.34. The van der Waals surface area contributed by atoms with Crippen molar-refractivity contribution in [3.63, 3.8) is 0 Å². The molecule has 0 aliphatic carbocycles. The summed E-state index contributed by atoms with van der Waals surface area (Å²) < 4.78 is 5.60. The van der Waals surface area contributed by atoms with Gasteiger partial charge < -0.3 is 0 Å². The van der Waals surface area contributed by atoms with Crippen LogP contribution in [0, 0.1) is 0 Å². The van der Waals surface area contributed by atoms with E-state index in [2.05, 4.69) is 34.4 Å². The summed E-state index contributed by atoms with van der Waals surface area (Å²) in [5, 5.41) is 0. The van der Waals surface area contributed by atoms with Gasteiger partial charge >= 0.3 is 123 Å². The van der Waals surface area contributed by atoms with E-state index < -0.39 is 18.4 Å². The van der Waals surface area contributed by atoms with Crippen LogP contribution in [0.3, 0.4) is 0 Å². The SMILES string of the molecule is CCCCCCCCCCCCOC(=O)C[CH](S)[Sn]([CH3])([CH3])[CH3]. The van der Waals surface area contributed by atoms with Gasteiger partial charge in [-0.15, -0.1) is 0 Å². The molecule has 2 nitrogen and oxygen atoms in total. The number of thiol groups is 1. The molecule has 1 unspecified atom stereocenters. The quantitative estimate of drug-likeness (QED) is 0.156. The van der Waals surface area contributed by atoms with Gasteiger partial charge in [-0.05, 0) is 0 Å². The van der Waals surface area contributed by atoms with E-state index in [0.29, 0.717) is 13.0 Å². The summed E-state index contributed by atoms with van der Waals surface area (Å²) >= 11 is 2.52. The Bertz CT molecular complexity index is 277. The predicted molar refractivity (Wildman–Crippen MR) is 104 cm³/mol. The third-order valence-electron chi connectivity index (χ3n) is 4.12. The fraction of sp³-hybridized carbons (Fsp3) is 0.944. The van der Waals surface area contributed by atoms with Crippen LogP contribution in [0.4, 0.5) is 0 Å². The monoisotopic (exact) mass is 438 g/mol. The third kappa shape index (κ3) is 14.2. The zero-order valence-corrected chi connectivity index (χ0v) is 19.1. The second-order valence-corrected chi connectivity index (χ2v) is 25.0. The molecule has 0 aromatic carbocycles. The second kappa shape index (κ2) is 14.0. The van der Waals surface area contributed by atoms with Crippen LogP contribution >= 0.6 is 12.6 Å². The molecule has 1 atom stereocenters. The van der Waals surface area contributed by atoms with E-state index >= 15 is 0 Å². The van der Waals surface area contributed by atoms with Gasteiger partial charge in [-0.1, -0.05) is 26.2 Å². The number of unbranched alkanes of at least 4 members (excludes halogenated alkanes) is 9. The van der Waals surface area contributed by atoms with Crippen molar-refractivity contribution in [2.24, 2.45) is 0 Å². The molecule has 0 fully saturated rings. The summed E-state index contributed by atoms with van der Waals surface area (Å²) in [6.07, 6.45) is 13.6. The molecule has 0 aromatic heterocycles. The Hall–Kier alpha value is 0.619. The molecule has 0 radical (unpaired) electrons. The molecule has 0 aliphatic rings. The van der Waals surface area contributed by atoms with E-state index in [1.54, 1.807) is 0 Å². The number of hydrogen-bond donors (Lipinski definition) is 1. The number of esters is 1. The average molecular weight is 437 g/mol. The normalized spacial score (nSPS) is 13.1. The van der Waals surface area contributed by atoms with Crippen LogP contribution in [0.15, 0.2) is 0 Å². The number of ether oxygens (including phenoxy) is 1. The molecule has 0 heterocycles. The van der Waals surface area contributed by atoms with Crippen LogP contribution in [0.5, 0.6) is 0 Å². The predicted octanol–water partition coefficient (Wildman–Crippen LogP) is 6.02. The average Bonchev–Trinajstić information content (AvgIpc) is 2.43. The van der Waals surface area contributed by atoms with Crippen LogP contribution in [0.25, 0.3) is 0 Å². The molecule has 22 heavy (non-hydrogen) atoms. The summed E-state index contributed by atoms with van der Waals surface area (Å²) in [5.41, 5.74) is 0. The number of carbonyl (C=O) groups excluding carboxylic acids is 1. The van der Waals surface area contributed by atoms with Crippen molar-refractivity contribution in [3.8, 4) is 0 Å². The summed E-state index contributed by atoms with van der Waals surface area (Å²) in [6.45, 7) is 2.85. The van der Waals surface area contributed by atoms with Crippen LogP contribution in [-0.4, -0.2) is 34.2 Å². The van der Waals surface area contributed by atoms with E-state index in [1.807, 2.05) is 0 Å². The van der Waals surface area contributed by atoms with Crippen molar-refractivity contribution in [1.29, 1.82) is 0 Å². The van der Waals surface area contributed by atoms with Crippen molar-refractivity contribution in [3.05, 3.63) is 0 Å². The van der Waals surface area contributed by atoms with Gasteiger partial charge in [0.05, 0.1) is 0 Å². The minimum atomic E-state index is -2.05. The van der Waals surface area contributed by atoms with Gasteiger partial charge in [0.15, 0.2) is 0 Å². The molecule has 0 rings (SSSR count). The molecule has 132 valence electrons. The van der Waals surface area contributed by atoms with Gasteiger partial charge in [0.1, 0.15) is 0 Å². The molecule has 0 N–H and O–H groups in total. The van der Waals surface area contributed by atoms with Crippen molar-refractivity contribution >= 4 is 37.0 Å². The summed E-state index contributed by atoms with van der Waals surface area (Å²) in [6, 6.07) is 0. The number of carbonyl (C=O) groups is 1. The maximum atomic E-state index is 11.7. The standard InChI is InChI=1S/C15H29O2S.3CH3.Sn/c1-2-3-4-5-6-7-8-9-10-11-13-17-15(16)12-14-18;;;;/h14,18H,2-13H2,1H3;3*1H3;. The van der Waals surface area contributed by atoms with E-state index in [1.165, 1.54) is 57.8 Å². The molecule has 0 saturated heterocycles. The van der Waals surface area contributed by atoms with Crippen LogP contribution in [0.2, 0.25) is 14.8 Å². The fourth-order valence-electron chi connectivity index (χ4n) is 2.30. The second-order valence-electron chi connectivity index (χ2n) is 7.49. The molecular formula is C18H38O2SSn. The van der Waals surface area contributed by atoms with Gasteiger partial charge in [0, 0.05) is 0 Å². The third-order valence-corrected chi connectivity index (χ3v) is 15.8. The molecule has 0 bridgehead atoms. The van der Waals surface area contributed by atoms with Gasteiger partial charge in [-0.2, -0.15) is 0 Å². The first-order valence-corrected chi connectivity index (χ1v) is 19.9. The zero-order chi connectivity index (χ0) is 16.8. The van der Waals surface area contributed by atoms with Gasteiger partial charge in [0.2, 0.25) is 0 Å². The zero-order valence-electron chi connectivity index (χ0n) is 15.3. The van der Waals surface area contributed by atoms with Crippen molar-refractivity contribution in [2.75, 3.05) is 6.61 Å². The maximum absolute atomic E-state index is 11.7. The van der Waals surface area contributed by atoms with Crippen LogP contribution in [0.1, 0.15) is 77.6 Å². The Morgan fingerprint density at radius 2 is 1.36 bits per heavy atom. The van der Waals surface area contributed by atoms with Crippen LogP contribution < -0.4 is 0 Å². The first-order valence-electron chi connectivity index (χ1n) is 9.21. The molecule has 0 amide bonds. The van der Waals surface area contributed by atoms with E-state index in [0.717, 1.165) is 6.42 Å². The minimum absolute atomic E-state index is 0.0532.